The van der Waals surface area contributed by atoms with E-state index in [1.54, 1.807) is 6.92 Å². The molecule has 7 nitrogen and oxygen atoms in total. The third kappa shape index (κ3) is 2.57. The van der Waals surface area contributed by atoms with Gasteiger partial charge in [-0.3, -0.25) is 14.6 Å². The summed E-state index contributed by atoms with van der Waals surface area (Å²) in [5.41, 5.74) is 0.109. The predicted octanol–water partition coefficient (Wildman–Crippen LogP) is 0.349. The van der Waals surface area contributed by atoms with Crippen molar-refractivity contribution in [2.75, 3.05) is 19.8 Å². The molecule has 0 bridgehead atoms. The average molecular weight is 280 g/mol. The average Bonchev–Trinajstić information content (AvgIpc) is 2.89. The van der Waals surface area contributed by atoms with Gasteiger partial charge in [0.2, 0.25) is 0 Å². The Balaban J connectivity index is 2.26. The van der Waals surface area contributed by atoms with Crippen molar-refractivity contribution in [1.82, 2.24) is 9.88 Å². The van der Waals surface area contributed by atoms with Crippen molar-refractivity contribution in [3.05, 3.63) is 24.0 Å². The van der Waals surface area contributed by atoms with Crippen molar-refractivity contribution in [2.24, 2.45) is 5.92 Å². The molecule has 0 aliphatic carbocycles. The Labute approximate surface area is 115 Å². The van der Waals surface area contributed by atoms with E-state index in [4.69, 9.17) is 9.84 Å². The SMILES string of the molecule is CCN(C(=O)c1ccncc1O)C1COCC1C(=O)O. The van der Waals surface area contributed by atoms with Crippen molar-refractivity contribution in [3.63, 3.8) is 0 Å². The van der Waals surface area contributed by atoms with Gasteiger partial charge < -0.3 is 19.8 Å². The van der Waals surface area contributed by atoms with Gasteiger partial charge in [-0.2, -0.15) is 0 Å². The molecule has 2 rings (SSSR count). The second kappa shape index (κ2) is 5.87. The van der Waals surface area contributed by atoms with E-state index in [0.29, 0.717) is 6.54 Å². The van der Waals surface area contributed by atoms with Gasteiger partial charge in [0.15, 0.2) is 0 Å². The molecular formula is C13H16N2O5. The molecule has 7 heteroatoms. The van der Waals surface area contributed by atoms with Gasteiger partial charge in [0.25, 0.3) is 5.91 Å². The molecule has 0 spiro atoms. The molecule has 0 saturated carbocycles. The van der Waals surface area contributed by atoms with Crippen LogP contribution in [0, 0.1) is 5.92 Å². The van der Waals surface area contributed by atoms with Crippen LogP contribution in [0.15, 0.2) is 18.5 Å². The summed E-state index contributed by atoms with van der Waals surface area (Å²) in [7, 11) is 0. The summed E-state index contributed by atoms with van der Waals surface area (Å²) in [6, 6.07) is 0.879. The van der Waals surface area contributed by atoms with Gasteiger partial charge in [0.1, 0.15) is 11.7 Å². The molecule has 1 aliphatic rings. The third-order valence-electron chi connectivity index (χ3n) is 3.40. The van der Waals surface area contributed by atoms with Crippen LogP contribution in [0.3, 0.4) is 0 Å². The van der Waals surface area contributed by atoms with Gasteiger partial charge >= 0.3 is 5.97 Å². The van der Waals surface area contributed by atoms with Crippen LogP contribution in [-0.2, 0) is 9.53 Å². The Hall–Kier alpha value is -2.15. The zero-order chi connectivity index (χ0) is 14.7. The number of hydrogen-bond acceptors (Lipinski definition) is 5. The molecule has 1 fully saturated rings. The number of amides is 1. The Morgan fingerprint density at radius 1 is 1.50 bits per heavy atom. The van der Waals surface area contributed by atoms with Gasteiger partial charge in [-0.1, -0.05) is 0 Å². The Bertz CT molecular complexity index is 519. The lowest BCUT2D eigenvalue weighted by atomic mass is 10.0. The molecule has 1 saturated heterocycles. The second-order valence-electron chi connectivity index (χ2n) is 4.53. The van der Waals surface area contributed by atoms with Crippen molar-refractivity contribution in [2.45, 2.75) is 13.0 Å². The van der Waals surface area contributed by atoms with Gasteiger partial charge in [-0.25, -0.2) is 0 Å². The fourth-order valence-electron chi connectivity index (χ4n) is 2.34. The van der Waals surface area contributed by atoms with Crippen LogP contribution in [0.1, 0.15) is 17.3 Å². The number of carboxylic acid groups (broad SMARTS) is 1. The van der Waals surface area contributed by atoms with E-state index in [1.165, 1.54) is 23.4 Å². The highest BCUT2D eigenvalue weighted by Crippen LogP contribution is 2.24. The van der Waals surface area contributed by atoms with E-state index in [2.05, 4.69) is 4.98 Å². The molecule has 0 radical (unpaired) electrons. The molecule has 1 amide bonds. The maximum absolute atomic E-state index is 12.4. The first-order valence-electron chi connectivity index (χ1n) is 6.30. The van der Waals surface area contributed by atoms with E-state index in [-0.39, 0.29) is 24.5 Å². The minimum absolute atomic E-state index is 0.0894. The fraction of sp³-hybridized carbons (Fsp3) is 0.462. The minimum atomic E-state index is -0.988. The number of rotatable bonds is 4. The summed E-state index contributed by atoms with van der Waals surface area (Å²) >= 11 is 0. The molecule has 2 heterocycles. The molecule has 20 heavy (non-hydrogen) atoms. The van der Waals surface area contributed by atoms with E-state index < -0.39 is 23.8 Å². The molecule has 1 aromatic heterocycles. The zero-order valence-electron chi connectivity index (χ0n) is 11.0. The van der Waals surface area contributed by atoms with Crippen LogP contribution in [-0.4, -0.2) is 57.8 Å². The molecule has 1 aromatic rings. The molecule has 0 aromatic carbocycles. The van der Waals surface area contributed by atoms with Gasteiger partial charge in [0.05, 0.1) is 31.0 Å². The number of hydrogen-bond donors (Lipinski definition) is 2. The molecule has 2 unspecified atom stereocenters. The predicted molar refractivity (Wildman–Crippen MR) is 68.3 cm³/mol. The first-order chi connectivity index (χ1) is 9.56. The zero-order valence-corrected chi connectivity index (χ0v) is 11.0. The third-order valence-corrected chi connectivity index (χ3v) is 3.40. The van der Waals surface area contributed by atoms with Crippen molar-refractivity contribution < 1.29 is 24.5 Å². The Morgan fingerprint density at radius 3 is 2.85 bits per heavy atom. The van der Waals surface area contributed by atoms with E-state index >= 15 is 0 Å². The summed E-state index contributed by atoms with van der Waals surface area (Å²) in [5, 5.41) is 18.8. The Morgan fingerprint density at radius 2 is 2.25 bits per heavy atom. The standard InChI is InChI=1S/C13H16N2O5/c1-2-15(10-7-20-6-9(10)13(18)19)12(17)8-3-4-14-5-11(8)16/h3-5,9-10,16H,2,6-7H2,1H3,(H,18,19). The van der Waals surface area contributed by atoms with Gasteiger partial charge in [0, 0.05) is 12.7 Å². The number of ether oxygens (including phenoxy) is 1. The normalized spacial score (nSPS) is 21.6. The highest BCUT2D eigenvalue weighted by atomic mass is 16.5. The number of likely N-dealkylation sites (N-methyl/N-ethyl adjacent to an activating group) is 1. The van der Waals surface area contributed by atoms with E-state index in [0.717, 1.165) is 0 Å². The van der Waals surface area contributed by atoms with Crippen LogP contribution in [0.25, 0.3) is 0 Å². The number of carbonyl (C=O) groups is 2. The maximum atomic E-state index is 12.4. The summed E-state index contributed by atoms with van der Waals surface area (Å²) in [5.74, 6) is -2.38. The number of aromatic nitrogens is 1. The monoisotopic (exact) mass is 280 g/mol. The van der Waals surface area contributed by atoms with Crippen LogP contribution >= 0.6 is 0 Å². The minimum Gasteiger partial charge on any atom is -0.505 e. The van der Waals surface area contributed by atoms with Crippen molar-refractivity contribution in [3.8, 4) is 5.75 Å². The van der Waals surface area contributed by atoms with Crippen LogP contribution in [0.5, 0.6) is 5.75 Å². The largest absolute Gasteiger partial charge is 0.505 e. The first kappa shape index (κ1) is 14.3. The second-order valence-corrected chi connectivity index (χ2v) is 4.53. The van der Waals surface area contributed by atoms with E-state index in [9.17, 15) is 14.7 Å². The van der Waals surface area contributed by atoms with Gasteiger partial charge in [-0.05, 0) is 13.0 Å². The van der Waals surface area contributed by atoms with Gasteiger partial charge in [-0.15, -0.1) is 0 Å². The quantitative estimate of drug-likeness (QED) is 0.825. The lowest BCUT2D eigenvalue weighted by Gasteiger charge is -2.29. The summed E-state index contributed by atoms with van der Waals surface area (Å²) in [6.45, 7) is 2.36. The fourth-order valence-corrected chi connectivity index (χ4v) is 2.34. The first-order valence-corrected chi connectivity index (χ1v) is 6.30. The number of aromatic hydroxyl groups is 1. The molecule has 108 valence electrons. The topological polar surface area (TPSA) is 100.0 Å². The summed E-state index contributed by atoms with van der Waals surface area (Å²) < 4.78 is 5.18. The number of carboxylic acids is 1. The Kier molecular flexibility index (Phi) is 4.19. The number of carbonyl (C=O) groups excluding carboxylic acids is 1. The highest BCUT2D eigenvalue weighted by molar-refractivity contribution is 5.97. The molecule has 1 aliphatic heterocycles. The number of pyridine rings is 1. The smallest absolute Gasteiger partial charge is 0.311 e. The van der Waals surface area contributed by atoms with E-state index in [1.807, 2.05) is 0 Å². The molecule has 2 N–H and O–H groups in total. The summed E-state index contributed by atoms with van der Waals surface area (Å²) in [6.07, 6.45) is 2.58. The number of nitrogens with zero attached hydrogens (tertiary/aromatic N) is 2. The molecule has 2 atom stereocenters. The van der Waals surface area contributed by atoms with Crippen LogP contribution in [0.4, 0.5) is 0 Å². The lowest BCUT2D eigenvalue weighted by molar-refractivity contribution is -0.142. The van der Waals surface area contributed by atoms with Crippen LogP contribution in [0.2, 0.25) is 0 Å². The molecular weight excluding hydrogens is 264 g/mol. The van der Waals surface area contributed by atoms with Crippen LogP contribution < -0.4 is 0 Å². The summed E-state index contributed by atoms with van der Waals surface area (Å²) in [4.78, 5) is 28.8. The maximum Gasteiger partial charge on any atom is 0.311 e. The van der Waals surface area contributed by atoms with Crippen molar-refractivity contribution in [1.29, 1.82) is 0 Å². The highest BCUT2D eigenvalue weighted by Gasteiger charge is 2.40. The number of aliphatic carboxylic acids is 1. The van der Waals surface area contributed by atoms with Crippen molar-refractivity contribution >= 4 is 11.9 Å². The lowest BCUT2D eigenvalue weighted by Crippen LogP contribution is -2.46.